The summed E-state index contributed by atoms with van der Waals surface area (Å²) in [5.41, 5.74) is -0.149. The zero-order valence-electron chi connectivity index (χ0n) is 9.78. The molecule has 4 heteroatoms. The van der Waals surface area contributed by atoms with Crippen molar-refractivity contribution in [1.82, 2.24) is 5.32 Å². The molecule has 1 atom stereocenters. The second kappa shape index (κ2) is 5.22. The van der Waals surface area contributed by atoms with Crippen molar-refractivity contribution in [3.63, 3.8) is 0 Å². The minimum Gasteiger partial charge on any atom is -0.371 e. The van der Waals surface area contributed by atoms with Gasteiger partial charge in [0.15, 0.2) is 0 Å². The summed E-state index contributed by atoms with van der Waals surface area (Å²) in [6.45, 7) is 7.14. The number of hydrogen-bond acceptors (Lipinski definition) is 2. The molecule has 1 rings (SSSR count). The molecule has 90 valence electrons. The number of alkyl halides is 2. The van der Waals surface area contributed by atoms with Gasteiger partial charge in [-0.2, -0.15) is 0 Å². The topological polar surface area (TPSA) is 21.3 Å². The van der Waals surface area contributed by atoms with E-state index in [2.05, 4.69) is 19.2 Å². The largest absolute Gasteiger partial charge is 0.371 e. The molecular weight excluding hydrogens is 233 g/mol. The third-order valence-electron chi connectivity index (χ3n) is 2.90. The van der Waals surface area contributed by atoms with Gasteiger partial charge in [0.25, 0.3) is 0 Å². The van der Waals surface area contributed by atoms with Crippen molar-refractivity contribution in [2.75, 3.05) is 18.3 Å². The van der Waals surface area contributed by atoms with Crippen LogP contribution in [0.3, 0.4) is 0 Å². The Morgan fingerprint density at radius 2 is 2.00 bits per heavy atom. The van der Waals surface area contributed by atoms with Crippen molar-refractivity contribution in [3.8, 4) is 0 Å². The molecular formula is C11H21Cl2NO. The van der Waals surface area contributed by atoms with E-state index in [-0.39, 0.29) is 11.1 Å². The molecule has 1 fully saturated rings. The van der Waals surface area contributed by atoms with E-state index < -0.39 is 0 Å². The Balaban J connectivity index is 2.32. The molecule has 0 amide bonds. The van der Waals surface area contributed by atoms with Crippen LogP contribution in [0.25, 0.3) is 0 Å². The first-order valence-corrected chi connectivity index (χ1v) is 6.52. The third-order valence-corrected chi connectivity index (χ3v) is 4.08. The summed E-state index contributed by atoms with van der Waals surface area (Å²) in [5, 5.41) is 3.39. The highest BCUT2D eigenvalue weighted by atomic mass is 35.5. The normalized spacial score (nSPS) is 25.8. The maximum Gasteiger partial charge on any atom is 0.0708 e. The molecule has 0 aromatic carbocycles. The average Bonchev–Trinajstić information content (AvgIpc) is 2.55. The van der Waals surface area contributed by atoms with Crippen LogP contribution in [-0.4, -0.2) is 35.5 Å². The lowest BCUT2D eigenvalue weighted by atomic mass is 10.0. The lowest BCUT2D eigenvalue weighted by Crippen LogP contribution is -2.49. The zero-order valence-corrected chi connectivity index (χ0v) is 11.3. The molecule has 1 aliphatic rings. The summed E-state index contributed by atoms with van der Waals surface area (Å²) in [7, 11) is 0. The molecule has 0 saturated carbocycles. The van der Waals surface area contributed by atoms with E-state index >= 15 is 0 Å². The quantitative estimate of drug-likeness (QED) is 0.762. The van der Waals surface area contributed by atoms with Crippen LogP contribution in [0.5, 0.6) is 0 Å². The highest BCUT2D eigenvalue weighted by Crippen LogP contribution is 2.29. The minimum atomic E-state index is -0.181. The van der Waals surface area contributed by atoms with E-state index in [1.165, 1.54) is 0 Å². The van der Waals surface area contributed by atoms with Gasteiger partial charge in [-0.3, -0.25) is 0 Å². The molecule has 1 unspecified atom stereocenters. The van der Waals surface area contributed by atoms with Gasteiger partial charge in [0.05, 0.1) is 11.7 Å². The van der Waals surface area contributed by atoms with Gasteiger partial charge in [0.1, 0.15) is 0 Å². The van der Waals surface area contributed by atoms with Gasteiger partial charge in [0.2, 0.25) is 0 Å². The molecule has 0 radical (unpaired) electrons. The first-order chi connectivity index (χ1) is 6.91. The zero-order chi connectivity index (χ0) is 11.5. The minimum absolute atomic E-state index is 0.0324. The van der Waals surface area contributed by atoms with Gasteiger partial charge < -0.3 is 10.1 Å². The summed E-state index contributed by atoms with van der Waals surface area (Å²) in [5.74, 6) is 1.04. The fraction of sp³-hybridized carbons (Fsp3) is 1.00. The van der Waals surface area contributed by atoms with Gasteiger partial charge in [-0.05, 0) is 33.6 Å². The monoisotopic (exact) mass is 253 g/mol. The molecule has 15 heavy (non-hydrogen) atoms. The number of halogens is 2. The van der Waals surface area contributed by atoms with Crippen LogP contribution in [0.4, 0.5) is 0 Å². The predicted octanol–water partition coefficient (Wildman–Crippen LogP) is 2.77. The van der Waals surface area contributed by atoms with Crippen molar-refractivity contribution in [1.29, 1.82) is 0 Å². The Morgan fingerprint density at radius 1 is 1.40 bits per heavy atom. The lowest BCUT2D eigenvalue weighted by molar-refractivity contribution is -0.0161. The molecule has 2 nitrogen and oxygen atoms in total. The first kappa shape index (κ1) is 13.6. The second-order valence-electron chi connectivity index (χ2n) is 5.25. The van der Waals surface area contributed by atoms with E-state index in [0.717, 1.165) is 19.4 Å². The van der Waals surface area contributed by atoms with Crippen LogP contribution >= 0.6 is 23.2 Å². The number of rotatable bonds is 5. The Kier molecular flexibility index (Phi) is 4.72. The van der Waals surface area contributed by atoms with Crippen molar-refractivity contribution in [3.05, 3.63) is 0 Å². The summed E-state index contributed by atoms with van der Waals surface area (Å²) in [6.07, 6.45) is 2.53. The van der Waals surface area contributed by atoms with Crippen molar-refractivity contribution >= 4 is 23.2 Å². The van der Waals surface area contributed by atoms with Crippen LogP contribution < -0.4 is 5.32 Å². The van der Waals surface area contributed by atoms with Gasteiger partial charge in [-0.25, -0.2) is 0 Å². The van der Waals surface area contributed by atoms with Gasteiger partial charge in [-0.15, -0.1) is 23.2 Å². The van der Waals surface area contributed by atoms with Gasteiger partial charge in [-0.1, -0.05) is 0 Å². The number of hydrogen-bond donors (Lipinski definition) is 1. The van der Waals surface area contributed by atoms with Gasteiger partial charge in [0, 0.05) is 23.8 Å². The Morgan fingerprint density at radius 3 is 2.40 bits per heavy atom. The summed E-state index contributed by atoms with van der Waals surface area (Å²) in [6, 6.07) is 0. The molecule has 1 aliphatic heterocycles. The molecule has 0 aromatic rings. The Bertz CT molecular complexity index is 205. The van der Waals surface area contributed by atoms with Crippen molar-refractivity contribution < 1.29 is 4.74 Å². The number of nitrogens with one attached hydrogen (secondary N) is 1. The highest BCUT2D eigenvalue weighted by molar-refractivity contribution is 6.22. The Hall–Kier alpha value is 0.500. The van der Waals surface area contributed by atoms with Crippen molar-refractivity contribution in [2.45, 2.75) is 50.9 Å². The second-order valence-corrected chi connectivity index (χ2v) is 5.78. The van der Waals surface area contributed by atoms with E-state index in [9.17, 15) is 0 Å². The smallest absolute Gasteiger partial charge is 0.0708 e. The van der Waals surface area contributed by atoms with E-state index in [0.29, 0.717) is 17.9 Å². The lowest BCUT2D eigenvalue weighted by Gasteiger charge is -2.28. The van der Waals surface area contributed by atoms with Crippen LogP contribution in [-0.2, 0) is 4.74 Å². The average molecular weight is 254 g/mol. The maximum atomic E-state index is 5.88. The van der Waals surface area contributed by atoms with Crippen molar-refractivity contribution in [2.24, 2.45) is 0 Å². The predicted molar refractivity (Wildman–Crippen MR) is 66.0 cm³/mol. The van der Waals surface area contributed by atoms with Gasteiger partial charge >= 0.3 is 0 Å². The SMILES string of the molecule is CC(CCl)(CCl)NCC1CCC(C)(C)O1. The molecule has 0 bridgehead atoms. The first-order valence-electron chi connectivity index (χ1n) is 5.46. The summed E-state index contributed by atoms with van der Waals surface area (Å²) in [4.78, 5) is 0. The van der Waals surface area contributed by atoms with Crippen LogP contribution in [0.1, 0.15) is 33.6 Å². The summed E-state index contributed by atoms with van der Waals surface area (Å²) < 4.78 is 5.88. The van der Waals surface area contributed by atoms with Crippen LogP contribution in [0.15, 0.2) is 0 Å². The molecule has 0 aliphatic carbocycles. The maximum absolute atomic E-state index is 5.88. The third kappa shape index (κ3) is 4.10. The molecule has 0 aromatic heterocycles. The standard InChI is InChI=1S/C11H21Cl2NO/c1-10(2)5-4-9(15-10)6-14-11(3,7-12)8-13/h9,14H,4-8H2,1-3H3. The van der Waals surface area contributed by atoms with Crippen LogP contribution in [0, 0.1) is 0 Å². The molecule has 0 spiro atoms. The summed E-state index contributed by atoms with van der Waals surface area (Å²) >= 11 is 11.7. The molecule has 1 N–H and O–H groups in total. The molecule has 1 heterocycles. The Labute approximate surface area is 103 Å². The van der Waals surface area contributed by atoms with Crippen LogP contribution in [0.2, 0.25) is 0 Å². The number of ether oxygens (including phenoxy) is 1. The van der Waals surface area contributed by atoms with E-state index in [1.54, 1.807) is 0 Å². The van der Waals surface area contributed by atoms with E-state index in [4.69, 9.17) is 27.9 Å². The molecule has 1 saturated heterocycles. The fourth-order valence-electron chi connectivity index (χ4n) is 1.71. The fourth-order valence-corrected chi connectivity index (χ4v) is 2.19. The van der Waals surface area contributed by atoms with E-state index in [1.807, 2.05) is 6.92 Å². The highest BCUT2D eigenvalue weighted by Gasteiger charge is 2.32.